The molecule has 0 aromatic heterocycles. The van der Waals surface area contributed by atoms with E-state index in [1.165, 1.54) is 0 Å². The monoisotopic (exact) mass is 287 g/mol. The quantitative estimate of drug-likeness (QED) is 0.832. The lowest BCUT2D eigenvalue weighted by atomic mass is 9.89. The maximum Gasteiger partial charge on any atom is 0.407 e. The van der Waals surface area contributed by atoms with E-state index >= 15 is 0 Å². The number of benzene rings is 1. The maximum absolute atomic E-state index is 11.9. The summed E-state index contributed by atoms with van der Waals surface area (Å²) in [6, 6.07) is 9.00. The lowest BCUT2D eigenvalue weighted by Gasteiger charge is -2.25. The second-order valence-corrected chi connectivity index (χ2v) is 5.54. The number of amides is 1. The molecule has 0 heterocycles. The molecule has 0 radical (unpaired) electrons. The predicted molar refractivity (Wildman–Crippen MR) is 75.4 cm³/mol. The fourth-order valence-electron chi connectivity index (χ4n) is 3.26. The van der Waals surface area contributed by atoms with E-state index in [1.54, 1.807) is 0 Å². The minimum Gasteiger partial charge on any atom is -0.481 e. The van der Waals surface area contributed by atoms with Gasteiger partial charge in [-0.2, -0.15) is 0 Å². The van der Waals surface area contributed by atoms with E-state index < -0.39 is 18.0 Å². The third kappa shape index (κ3) is 2.77. The van der Waals surface area contributed by atoms with Gasteiger partial charge >= 0.3 is 12.1 Å². The lowest BCUT2D eigenvalue weighted by Crippen LogP contribution is -2.45. The molecule has 110 valence electrons. The first-order chi connectivity index (χ1) is 10.1. The van der Waals surface area contributed by atoms with Crippen LogP contribution >= 0.6 is 0 Å². The molecule has 1 aromatic rings. The molecule has 21 heavy (non-hydrogen) atoms. The number of hydrogen-bond donors (Lipinski definition) is 2. The smallest absolute Gasteiger partial charge is 0.407 e. The largest absolute Gasteiger partial charge is 0.481 e. The van der Waals surface area contributed by atoms with Gasteiger partial charge < -0.3 is 15.2 Å². The summed E-state index contributed by atoms with van der Waals surface area (Å²) in [6.45, 7) is 0.182. The fourth-order valence-corrected chi connectivity index (χ4v) is 3.26. The number of hydrogen-bond acceptors (Lipinski definition) is 3. The van der Waals surface area contributed by atoms with Crippen molar-refractivity contribution in [2.75, 3.05) is 0 Å². The highest BCUT2D eigenvalue weighted by atomic mass is 16.5. The van der Waals surface area contributed by atoms with Crippen molar-refractivity contribution in [1.29, 1.82) is 0 Å². The number of carbonyl (C=O) groups excluding carboxylic acids is 1. The Balaban J connectivity index is 1.57. The van der Waals surface area contributed by atoms with Gasteiger partial charge in [0.05, 0.1) is 12.0 Å². The lowest BCUT2D eigenvalue weighted by molar-refractivity contribution is -0.143. The molecule has 1 amide bonds. The highest BCUT2D eigenvalue weighted by molar-refractivity contribution is 5.75. The van der Waals surface area contributed by atoms with E-state index in [9.17, 15) is 14.7 Å². The minimum atomic E-state index is -0.861. The van der Waals surface area contributed by atoms with Crippen LogP contribution < -0.4 is 5.32 Å². The van der Waals surface area contributed by atoms with Crippen molar-refractivity contribution in [3.8, 4) is 0 Å². The number of carbonyl (C=O) groups is 2. The zero-order valence-corrected chi connectivity index (χ0v) is 11.4. The molecule has 5 nitrogen and oxygen atoms in total. The molecule has 3 rings (SSSR count). The summed E-state index contributed by atoms with van der Waals surface area (Å²) in [5.41, 5.74) is 0.898. The summed E-state index contributed by atoms with van der Waals surface area (Å²) >= 11 is 0. The van der Waals surface area contributed by atoms with Gasteiger partial charge in [-0.05, 0) is 23.8 Å². The van der Waals surface area contributed by atoms with Crippen molar-refractivity contribution in [1.82, 2.24) is 5.32 Å². The number of carboxylic acids is 1. The number of alkyl carbamates (subject to hydrolysis) is 1. The summed E-state index contributed by atoms with van der Waals surface area (Å²) < 4.78 is 5.16. The van der Waals surface area contributed by atoms with Crippen LogP contribution in [0.4, 0.5) is 4.79 Å². The Labute approximate surface area is 122 Å². The van der Waals surface area contributed by atoms with Crippen molar-refractivity contribution in [3.63, 3.8) is 0 Å². The number of rotatable bonds is 4. The van der Waals surface area contributed by atoms with E-state index in [2.05, 4.69) is 5.32 Å². The molecular weight excluding hydrogens is 270 g/mol. The molecule has 0 saturated heterocycles. The van der Waals surface area contributed by atoms with Crippen LogP contribution in [0.2, 0.25) is 0 Å². The molecular formula is C16H17NO4. The number of ether oxygens (including phenoxy) is 1. The van der Waals surface area contributed by atoms with E-state index in [0.29, 0.717) is 0 Å². The van der Waals surface area contributed by atoms with Crippen LogP contribution in [-0.2, 0) is 16.1 Å². The molecule has 1 aromatic carbocycles. The summed E-state index contributed by atoms with van der Waals surface area (Å²) in [5, 5.41) is 12.0. The Morgan fingerprint density at radius 1 is 1.19 bits per heavy atom. The fraction of sp³-hybridized carbons (Fsp3) is 0.375. The maximum atomic E-state index is 11.9. The first-order valence-electron chi connectivity index (χ1n) is 7.03. The molecule has 1 saturated carbocycles. The van der Waals surface area contributed by atoms with Crippen molar-refractivity contribution in [2.24, 2.45) is 17.8 Å². The molecule has 0 unspecified atom stereocenters. The zero-order chi connectivity index (χ0) is 14.8. The molecule has 2 aliphatic rings. The van der Waals surface area contributed by atoms with E-state index in [-0.39, 0.29) is 24.5 Å². The number of carboxylic acid groups (broad SMARTS) is 1. The average molecular weight is 287 g/mol. The third-order valence-electron chi connectivity index (χ3n) is 4.24. The minimum absolute atomic E-state index is 0.0203. The Hall–Kier alpha value is -2.30. The van der Waals surface area contributed by atoms with Crippen molar-refractivity contribution >= 4 is 12.1 Å². The first-order valence-corrected chi connectivity index (χ1v) is 7.03. The molecule has 2 bridgehead atoms. The zero-order valence-electron chi connectivity index (χ0n) is 11.4. The second-order valence-electron chi connectivity index (χ2n) is 5.54. The number of allylic oxidation sites excluding steroid dienone is 1. The second kappa shape index (κ2) is 5.60. The van der Waals surface area contributed by atoms with E-state index in [4.69, 9.17) is 4.74 Å². The average Bonchev–Trinajstić information content (AvgIpc) is 3.07. The van der Waals surface area contributed by atoms with Gasteiger partial charge in [0.15, 0.2) is 0 Å². The van der Waals surface area contributed by atoms with Gasteiger partial charge in [-0.15, -0.1) is 0 Å². The SMILES string of the molecule is O=C(N[C@H]1[C@H](C(=O)O)[C@H]2C=C[C@@H]1C2)OCc1ccccc1. The van der Waals surface area contributed by atoms with Gasteiger partial charge in [-0.25, -0.2) is 4.79 Å². The molecule has 2 aliphatic carbocycles. The van der Waals surface area contributed by atoms with Crippen LogP contribution in [0.3, 0.4) is 0 Å². The summed E-state index contributed by atoms with van der Waals surface area (Å²) in [6.07, 6.45) is 4.17. The molecule has 1 fully saturated rings. The van der Waals surface area contributed by atoms with Gasteiger partial charge in [0.2, 0.25) is 0 Å². The van der Waals surface area contributed by atoms with Gasteiger partial charge in [0.25, 0.3) is 0 Å². The van der Waals surface area contributed by atoms with Crippen LogP contribution in [0.1, 0.15) is 12.0 Å². The highest BCUT2D eigenvalue weighted by Crippen LogP contribution is 2.43. The molecule has 0 aliphatic heterocycles. The van der Waals surface area contributed by atoms with Crippen LogP contribution in [0, 0.1) is 17.8 Å². The van der Waals surface area contributed by atoms with Crippen LogP contribution in [0.5, 0.6) is 0 Å². The molecule has 0 spiro atoms. The third-order valence-corrected chi connectivity index (χ3v) is 4.24. The van der Waals surface area contributed by atoms with Crippen molar-refractivity contribution in [2.45, 2.75) is 19.1 Å². The number of nitrogens with one attached hydrogen (secondary N) is 1. The van der Waals surface area contributed by atoms with Gasteiger partial charge in [-0.3, -0.25) is 4.79 Å². The summed E-state index contributed by atoms with van der Waals surface area (Å²) in [4.78, 5) is 23.2. The Morgan fingerprint density at radius 3 is 2.62 bits per heavy atom. The van der Waals surface area contributed by atoms with Crippen molar-refractivity contribution < 1.29 is 19.4 Å². The summed E-state index contributed by atoms with van der Waals surface area (Å²) in [7, 11) is 0. The Bertz CT molecular complexity index is 569. The Kier molecular flexibility index (Phi) is 3.64. The normalized spacial score (nSPS) is 29.3. The van der Waals surface area contributed by atoms with E-state index in [0.717, 1.165) is 12.0 Å². The standard InChI is InChI=1S/C16H17NO4/c18-15(19)13-11-6-7-12(8-11)14(13)17-16(20)21-9-10-4-2-1-3-5-10/h1-7,11-14H,8-9H2,(H,17,20)(H,18,19)/t11-,12+,13+,14+/m0/s1. The topological polar surface area (TPSA) is 75.6 Å². The van der Waals surface area contributed by atoms with Crippen molar-refractivity contribution in [3.05, 3.63) is 48.0 Å². The van der Waals surface area contributed by atoms with Gasteiger partial charge in [0, 0.05) is 0 Å². The number of fused-ring (bicyclic) bond motifs is 2. The van der Waals surface area contributed by atoms with E-state index in [1.807, 2.05) is 42.5 Å². The van der Waals surface area contributed by atoms with Crippen LogP contribution in [0.25, 0.3) is 0 Å². The predicted octanol–water partition coefficient (Wildman–Crippen LogP) is 2.19. The molecule has 5 heteroatoms. The Morgan fingerprint density at radius 2 is 1.90 bits per heavy atom. The van der Waals surface area contributed by atoms with Crippen LogP contribution in [-0.4, -0.2) is 23.2 Å². The molecule has 2 N–H and O–H groups in total. The number of aliphatic carboxylic acids is 1. The molecule has 4 atom stereocenters. The highest BCUT2D eigenvalue weighted by Gasteiger charge is 2.49. The van der Waals surface area contributed by atoms with Gasteiger partial charge in [0.1, 0.15) is 6.61 Å². The first kappa shape index (κ1) is 13.7. The summed E-state index contributed by atoms with van der Waals surface area (Å²) in [5.74, 6) is -1.29. The van der Waals surface area contributed by atoms with Crippen LogP contribution in [0.15, 0.2) is 42.5 Å². The van der Waals surface area contributed by atoms with Gasteiger partial charge in [-0.1, -0.05) is 42.5 Å².